The summed E-state index contributed by atoms with van der Waals surface area (Å²) >= 11 is 6.01. The molecular formula is C17H16ClN5. The first-order chi connectivity index (χ1) is 11.1. The third kappa shape index (κ3) is 3.96. The van der Waals surface area contributed by atoms with Crippen molar-refractivity contribution in [1.82, 2.24) is 15.0 Å². The van der Waals surface area contributed by atoms with Crippen LogP contribution in [0, 0.1) is 13.8 Å². The van der Waals surface area contributed by atoms with Crippen LogP contribution in [0.25, 0.3) is 0 Å². The van der Waals surface area contributed by atoms with E-state index in [0.717, 1.165) is 16.9 Å². The number of hydrogen-bond acceptors (Lipinski definition) is 5. The largest absolute Gasteiger partial charge is 0.324 e. The van der Waals surface area contributed by atoms with Crippen LogP contribution in [0.1, 0.15) is 11.1 Å². The molecule has 6 heteroatoms. The van der Waals surface area contributed by atoms with E-state index in [-0.39, 0.29) is 5.28 Å². The second-order valence-corrected chi connectivity index (χ2v) is 5.52. The van der Waals surface area contributed by atoms with Gasteiger partial charge in [0.15, 0.2) is 0 Å². The van der Waals surface area contributed by atoms with Crippen molar-refractivity contribution in [2.75, 3.05) is 10.6 Å². The monoisotopic (exact) mass is 325 g/mol. The van der Waals surface area contributed by atoms with Gasteiger partial charge >= 0.3 is 0 Å². The van der Waals surface area contributed by atoms with Gasteiger partial charge in [0.1, 0.15) is 0 Å². The van der Waals surface area contributed by atoms with E-state index in [9.17, 15) is 0 Å². The number of nitrogens with zero attached hydrogens (tertiary/aromatic N) is 3. The minimum absolute atomic E-state index is 0.130. The highest BCUT2D eigenvalue weighted by atomic mass is 35.5. The average Bonchev–Trinajstić information content (AvgIpc) is 2.50. The van der Waals surface area contributed by atoms with Crippen LogP contribution in [0.15, 0.2) is 48.5 Å². The molecule has 1 aromatic heterocycles. The minimum Gasteiger partial charge on any atom is -0.324 e. The van der Waals surface area contributed by atoms with Crippen LogP contribution in [0.4, 0.5) is 23.3 Å². The minimum atomic E-state index is 0.130. The average molecular weight is 326 g/mol. The van der Waals surface area contributed by atoms with Crippen LogP contribution in [0.3, 0.4) is 0 Å². The molecule has 0 spiro atoms. The van der Waals surface area contributed by atoms with E-state index >= 15 is 0 Å². The predicted octanol–water partition coefficient (Wildman–Crippen LogP) is 4.63. The Morgan fingerprint density at radius 1 is 0.826 bits per heavy atom. The molecule has 2 aromatic carbocycles. The van der Waals surface area contributed by atoms with Crippen molar-refractivity contribution >= 4 is 34.9 Å². The fraction of sp³-hybridized carbons (Fsp3) is 0.118. The Morgan fingerprint density at radius 2 is 1.52 bits per heavy atom. The van der Waals surface area contributed by atoms with Crippen molar-refractivity contribution in [3.63, 3.8) is 0 Å². The molecule has 23 heavy (non-hydrogen) atoms. The number of benzene rings is 2. The topological polar surface area (TPSA) is 62.7 Å². The van der Waals surface area contributed by atoms with E-state index in [4.69, 9.17) is 11.6 Å². The summed E-state index contributed by atoms with van der Waals surface area (Å²) in [4.78, 5) is 12.6. The van der Waals surface area contributed by atoms with Crippen molar-refractivity contribution in [3.05, 3.63) is 64.9 Å². The maximum absolute atomic E-state index is 6.01. The van der Waals surface area contributed by atoms with Gasteiger partial charge in [-0.05, 0) is 49.2 Å². The number of aryl methyl sites for hydroxylation is 2. The van der Waals surface area contributed by atoms with E-state index in [1.807, 2.05) is 49.4 Å². The van der Waals surface area contributed by atoms with Crippen molar-refractivity contribution in [2.45, 2.75) is 13.8 Å². The number of para-hydroxylation sites is 1. The smallest absolute Gasteiger partial charge is 0.233 e. The Kier molecular flexibility index (Phi) is 4.39. The zero-order chi connectivity index (χ0) is 16.2. The summed E-state index contributed by atoms with van der Waals surface area (Å²) in [6.07, 6.45) is 0. The Bertz CT molecular complexity index is 820. The maximum atomic E-state index is 6.01. The highest BCUT2D eigenvalue weighted by molar-refractivity contribution is 6.28. The molecule has 0 aliphatic rings. The lowest BCUT2D eigenvalue weighted by Gasteiger charge is -2.10. The Labute approximate surface area is 139 Å². The summed E-state index contributed by atoms with van der Waals surface area (Å²) in [5, 5.41) is 6.42. The normalized spacial score (nSPS) is 10.4. The second kappa shape index (κ2) is 6.62. The molecule has 3 aromatic rings. The predicted molar refractivity (Wildman–Crippen MR) is 93.8 cm³/mol. The number of nitrogens with one attached hydrogen (secondary N) is 2. The van der Waals surface area contributed by atoms with Gasteiger partial charge in [0.2, 0.25) is 17.2 Å². The molecule has 0 atom stereocenters. The van der Waals surface area contributed by atoms with Gasteiger partial charge in [0, 0.05) is 11.4 Å². The Morgan fingerprint density at radius 3 is 2.22 bits per heavy atom. The molecule has 0 fully saturated rings. The molecule has 0 unspecified atom stereocenters. The molecule has 0 aliphatic heterocycles. The fourth-order valence-corrected chi connectivity index (χ4v) is 2.35. The van der Waals surface area contributed by atoms with Gasteiger partial charge in [-0.3, -0.25) is 0 Å². The van der Waals surface area contributed by atoms with Crippen LogP contribution in [-0.4, -0.2) is 15.0 Å². The molecule has 0 saturated heterocycles. The van der Waals surface area contributed by atoms with E-state index in [0.29, 0.717) is 11.9 Å². The third-order valence-electron chi connectivity index (χ3n) is 3.27. The van der Waals surface area contributed by atoms with Gasteiger partial charge in [0.05, 0.1) is 0 Å². The van der Waals surface area contributed by atoms with Crippen LogP contribution >= 0.6 is 11.6 Å². The molecular weight excluding hydrogens is 310 g/mol. The lowest BCUT2D eigenvalue weighted by atomic mass is 10.1. The van der Waals surface area contributed by atoms with Gasteiger partial charge in [-0.25, -0.2) is 0 Å². The van der Waals surface area contributed by atoms with Gasteiger partial charge in [0.25, 0.3) is 0 Å². The van der Waals surface area contributed by atoms with Crippen LogP contribution in [-0.2, 0) is 0 Å². The van der Waals surface area contributed by atoms with Crippen molar-refractivity contribution in [1.29, 1.82) is 0 Å². The van der Waals surface area contributed by atoms with E-state index in [1.54, 1.807) is 0 Å². The van der Waals surface area contributed by atoms with E-state index in [1.165, 1.54) is 5.56 Å². The van der Waals surface area contributed by atoms with Crippen molar-refractivity contribution in [2.24, 2.45) is 0 Å². The number of aromatic nitrogens is 3. The molecule has 5 nitrogen and oxygen atoms in total. The van der Waals surface area contributed by atoms with Gasteiger partial charge in [-0.1, -0.05) is 35.9 Å². The second-order valence-electron chi connectivity index (χ2n) is 5.19. The summed E-state index contributed by atoms with van der Waals surface area (Å²) in [7, 11) is 0. The van der Waals surface area contributed by atoms with E-state index in [2.05, 4.69) is 38.6 Å². The van der Waals surface area contributed by atoms with Crippen molar-refractivity contribution < 1.29 is 0 Å². The molecule has 0 saturated carbocycles. The molecule has 0 bridgehead atoms. The third-order valence-corrected chi connectivity index (χ3v) is 3.44. The summed E-state index contributed by atoms with van der Waals surface area (Å²) in [5.41, 5.74) is 4.13. The SMILES string of the molecule is Cc1ccc(Nc2nc(Cl)nc(Nc3ccccc3)n2)c(C)c1. The highest BCUT2D eigenvalue weighted by Crippen LogP contribution is 2.21. The zero-order valence-corrected chi connectivity index (χ0v) is 13.6. The lowest BCUT2D eigenvalue weighted by Crippen LogP contribution is -2.04. The number of halogens is 1. The van der Waals surface area contributed by atoms with Gasteiger partial charge < -0.3 is 10.6 Å². The summed E-state index contributed by atoms with van der Waals surface area (Å²) in [6.45, 7) is 4.08. The summed E-state index contributed by atoms with van der Waals surface area (Å²) < 4.78 is 0. The number of hydrogen-bond donors (Lipinski definition) is 2. The summed E-state index contributed by atoms with van der Waals surface area (Å²) in [6, 6.07) is 15.8. The van der Waals surface area contributed by atoms with Gasteiger partial charge in [-0.15, -0.1) is 0 Å². The number of anilines is 4. The molecule has 0 radical (unpaired) electrons. The lowest BCUT2D eigenvalue weighted by molar-refractivity contribution is 1.06. The first-order valence-electron chi connectivity index (χ1n) is 7.18. The van der Waals surface area contributed by atoms with Crippen LogP contribution < -0.4 is 10.6 Å². The fourth-order valence-electron chi connectivity index (χ4n) is 2.19. The Balaban J connectivity index is 1.85. The summed E-state index contributed by atoms with van der Waals surface area (Å²) in [5.74, 6) is 0.791. The maximum Gasteiger partial charge on any atom is 0.233 e. The van der Waals surface area contributed by atoms with Gasteiger partial charge in [-0.2, -0.15) is 15.0 Å². The first-order valence-corrected chi connectivity index (χ1v) is 7.56. The van der Waals surface area contributed by atoms with Crippen LogP contribution in [0.2, 0.25) is 5.28 Å². The molecule has 1 heterocycles. The molecule has 3 rings (SSSR count). The van der Waals surface area contributed by atoms with E-state index < -0.39 is 0 Å². The molecule has 2 N–H and O–H groups in total. The zero-order valence-electron chi connectivity index (χ0n) is 12.8. The van der Waals surface area contributed by atoms with Crippen LogP contribution in [0.5, 0.6) is 0 Å². The number of rotatable bonds is 4. The molecule has 0 aliphatic carbocycles. The molecule has 116 valence electrons. The van der Waals surface area contributed by atoms with Crippen molar-refractivity contribution in [3.8, 4) is 0 Å². The standard InChI is InChI=1S/C17H16ClN5/c1-11-8-9-14(12(2)10-11)20-17-22-15(18)21-16(23-17)19-13-6-4-3-5-7-13/h3-10H,1-2H3,(H2,19,20,21,22,23). The highest BCUT2D eigenvalue weighted by Gasteiger charge is 2.07. The first kappa shape index (κ1) is 15.2. The Hall–Kier alpha value is -2.66. The quantitative estimate of drug-likeness (QED) is 0.732. The molecule has 0 amide bonds.